The van der Waals surface area contributed by atoms with Crippen LogP contribution in [0.25, 0.3) is 0 Å². The molecule has 0 spiro atoms. The van der Waals surface area contributed by atoms with Gasteiger partial charge in [-0.25, -0.2) is 4.79 Å². The fraction of sp³-hybridized carbons (Fsp3) is 0.600. The Morgan fingerprint density at radius 3 is 2.47 bits per heavy atom. The first kappa shape index (κ1) is 13.3. The molecule has 0 aliphatic heterocycles. The zero-order valence-electron chi connectivity index (χ0n) is 8.91. The van der Waals surface area contributed by atoms with Crippen LogP contribution in [-0.4, -0.2) is 29.2 Å². The van der Waals surface area contributed by atoms with E-state index >= 15 is 0 Å². The Balaban J connectivity index is 3.77. The van der Waals surface area contributed by atoms with Crippen LogP contribution in [0.15, 0.2) is 0 Å². The first-order valence-corrected chi connectivity index (χ1v) is 4.70. The number of carboxylic acids is 1. The van der Waals surface area contributed by atoms with Crippen molar-refractivity contribution in [3.8, 4) is 12.3 Å². The van der Waals surface area contributed by atoms with E-state index in [1.54, 1.807) is 13.8 Å². The molecule has 5 heteroatoms. The summed E-state index contributed by atoms with van der Waals surface area (Å²) in [5.74, 6) is 1.48. The van der Waals surface area contributed by atoms with Gasteiger partial charge in [0.15, 0.2) is 0 Å². The van der Waals surface area contributed by atoms with Gasteiger partial charge in [-0.1, -0.05) is 5.92 Å². The fourth-order valence-electron chi connectivity index (χ4n) is 0.916. The van der Waals surface area contributed by atoms with Crippen LogP contribution in [0.4, 0.5) is 4.79 Å². The third-order valence-corrected chi connectivity index (χ3v) is 1.77. The Morgan fingerprint density at radius 1 is 1.40 bits per heavy atom. The maximum absolute atomic E-state index is 11.2. The minimum absolute atomic E-state index is 0.0339. The van der Waals surface area contributed by atoms with Crippen molar-refractivity contribution in [2.75, 3.05) is 0 Å². The van der Waals surface area contributed by atoms with Crippen LogP contribution in [0.5, 0.6) is 0 Å². The molecule has 3 N–H and O–H groups in total. The first-order chi connectivity index (χ1) is 6.95. The zero-order valence-corrected chi connectivity index (χ0v) is 8.91. The van der Waals surface area contributed by atoms with Crippen molar-refractivity contribution in [2.45, 2.75) is 38.8 Å². The van der Waals surface area contributed by atoms with E-state index in [-0.39, 0.29) is 24.5 Å². The van der Waals surface area contributed by atoms with Crippen LogP contribution in [0.2, 0.25) is 0 Å². The number of hydrogen-bond acceptors (Lipinski definition) is 2. The summed E-state index contributed by atoms with van der Waals surface area (Å²) in [5, 5.41) is 13.5. The third-order valence-electron chi connectivity index (χ3n) is 1.77. The SMILES string of the molecule is C#CC(C)NC(=O)NC(C)CCC(=O)O. The molecule has 2 unspecified atom stereocenters. The summed E-state index contributed by atoms with van der Waals surface area (Å²) >= 11 is 0. The fourth-order valence-corrected chi connectivity index (χ4v) is 0.916. The minimum Gasteiger partial charge on any atom is -0.481 e. The predicted octanol–water partition coefficient (Wildman–Crippen LogP) is 0.561. The molecule has 0 saturated carbocycles. The second-order valence-corrected chi connectivity index (χ2v) is 3.34. The summed E-state index contributed by atoms with van der Waals surface area (Å²) in [4.78, 5) is 21.5. The third kappa shape index (κ3) is 7.38. The molecule has 0 radical (unpaired) electrons. The number of terminal acetylenes is 1. The summed E-state index contributed by atoms with van der Waals surface area (Å²) in [6.07, 6.45) is 5.51. The van der Waals surface area contributed by atoms with Crippen LogP contribution in [0.1, 0.15) is 26.7 Å². The predicted molar refractivity (Wildman–Crippen MR) is 56.3 cm³/mol. The maximum atomic E-state index is 11.2. The van der Waals surface area contributed by atoms with E-state index in [4.69, 9.17) is 11.5 Å². The van der Waals surface area contributed by atoms with Crippen molar-refractivity contribution in [2.24, 2.45) is 0 Å². The standard InChI is InChI=1S/C10H16N2O3/c1-4-7(2)11-10(15)12-8(3)5-6-9(13)14/h1,7-8H,5-6H2,2-3H3,(H,13,14)(H2,11,12,15). The molecule has 0 rings (SSSR count). The molecule has 84 valence electrons. The summed E-state index contributed by atoms with van der Waals surface area (Å²) in [5.41, 5.74) is 0. The van der Waals surface area contributed by atoms with Crippen molar-refractivity contribution < 1.29 is 14.7 Å². The van der Waals surface area contributed by atoms with Gasteiger partial charge in [-0.3, -0.25) is 4.79 Å². The Kier molecular flexibility index (Phi) is 5.95. The number of carbonyl (C=O) groups excluding carboxylic acids is 1. The molecule has 0 aromatic heterocycles. The van der Waals surface area contributed by atoms with Gasteiger partial charge in [0, 0.05) is 12.5 Å². The van der Waals surface area contributed by atoms with E-state index in [9.17, 15) is 9.59 Å². The molecule has 0 aliphatic carbocycles. The number of carboxylic acid groups (broad SMARTS) is 1. The lowest BCUT2D eigenvalue weighted by molar-refractivity contribution is -0.137. The molecule has 0 aromatic carbocycles. The normalized spacial score (nSPS) is 13.4. The lowest BCUT2D eigenvalue weighted by atomic mass is 10.2. The number of urea groups is 1. The van der Waals surface area contributed by atoms with Gasteiger partial charge in [-0.2, -0.15) is 0 Å². The molecule has 0 bridgehead atoms. The maximum Gasteiger partial charge on any atom is 0.315 e. The highest BCUT2D eigenvalue weighted by atomic mass is 16.4. The van der Waals surface area contributed by atoms with E-state index in [1.165, 1.54) is 0 Å². The van der Waals surface area contributed by atoms with Crippen LogP contribution in [-0.2, 0) is 4.79 Å². The van der Waals surface area contributed by atoms with Crippen molar-refractivity contribution in [1.29, 1.82) is 0 Å². The summed E-state index contributed by atoms with van der Waals surface area (Å²) in [7, 11) is 0. The number of carbonyl (C=O) groups is 2. The van der Waals surface area contributed by atoms with Gasteiger partial charge >= 0.3 is 12.0 Å². The number of amides is 2. The van der Waals surface area contributed by atoms with E-state index in [0.717, 1.165) is 0 Å². The lowest BCUT2D eigenvalue weighted by Gasteiger charge is -2.14. The lowest BCUT2D eigenvalue weighted by Crippen LogP contribution is -2.44. The second kappa shape index (κ2) is 6.71. The van der Waals surface area contributed by atoms with E-state index in [0.29, 0.717) is 6.42 Å². The zero-order chi connectivity index (χ0) is 11.8. The van der Waals surface area contributed by atoms with Crippen LogP contribution >= 0.6 is 0 Å². The smallest absolute Gasteiger partial charge is 0.315 e. The molecule has 2 atom stereocenters. The van der Waals surface area contributed by atoms with Gasteiger partial charge < -0.3 is 15.7 Å². The first-order valence-electron chi connectivity index (χ1n) is 4.70. The molecule has 0 aliphatic rings. The molecule has 0 saturated heterocycles. The van der Waals surface area contributed by atoms with Gasteiger partial charge in [0.25, 0.3) is 0 Å². The van der Waals surface area contributed by atoms with Gasteiger partial charge in [-0.15, -0.1) is 6.42 Å². The van der Waals surface area contributed by atoms with Crippen molar-refractivity contribution in [1.82, 2.24) is 10.6 Å². The van der Waals surface area contributed by atoms with Crippen molar-refractivity contribution >= 4 is 12.0 Å². The monoisotopic (exact) mass is 212 g/mol. The number of aliphatic carboxylic acids is 1. The molecule has 2 amide bonds. The van der Waals surface area contributed by atoms with Gasteiger partial charge in [-0.05, 0) is 20.3 Å². The van der Waals surface area contributed by atoms with Crippen molar-refractivity contribution in [3.63, 3.8) is 0 Å². The summed E-state index contributed by atoms with van der Waals surface area (Å²) in [6.45, 7) is 3.42. The largest absolute Gasteiger partial charge is 0.481 e. The Bertz CT molecular complexity index is 270. The second-order valence-electron chi connectivity index (χ2n) is 3.34. The van der Waals surface area contributed by atoms with Crippen LogP contribution < -0.4 is 10.6 Å². The van der Waals surface area contributed by atoms with Crippen molar-refractivity contribution in [3.05, 3.63) is 0 Å². The Labute approximate surface area is 89.2 Å². The number of hydrogen-bond donors (Lipinski definition) is 3. The highest BCUT2D eigenvalue weighted by Crippen LogP contribution is 1.95. The quantitative estimate of drug-likeness (QED) is 0.583. The molecule has 0 fully saturated rings. The van der Waals surface area contributed by atoms with E-state index < -0.39 is 5.97 Å². The molecular formula is C10H16N2O3. The molecule has 5 nitrogen and oxygen atoms in total. The number of nitrogens with one attached hydrogen (secondary N) is 2. The topological polar surface area (TPSA) is 78.4 Å². The highest BCUT2D eigenvalue weighted by Gasteiger charge is 2.09. The number of rotatable bonds is 5. The molecule has 15 heavy (non-hydrogen) atoms. The molecule has 0 aromatic rings. The average molecular weight is 212 g/mol. The van der Waals surface area contributed by atoms with Gasteiger partial charge in [0.05, 0.1) is 6.04 Å². The molecular weight excluding hydrogens is 196 g/mol. The van der Waals surface area contributed by atoms with Gasteiger partial charge in [0.1, 0.15) is 0 Å². The Hall–Kier alpha value is -1.70. The van der Waals surface area contributed by atoms with Crippen LogP contribution in [0.3, 0.4) is 0 Å². The van der Waals surface area contributed by atoms with E-state index in [1.807, 2.05) is 0 Å². The Morgan fingerprint density at radius 2 is 2.00 bits per heavy atom. The average Bonchev–Trinajstić information content (AvgIpc) is 2.14. The minimum atomic E-state index is -0.874. The van der Waals surface area contributed by atoms with E-state index in [2.05, 4.69) is 16.6 Å². The van der Waals surface area contributed by atoms with Gasteiger partial charge in [0.2, 0.25) is 0 Å². The summed E-state index contributed by atoms with van der Waals surface area (Å²) < 4.78 is 0. The molecule has 0 heterocycles. The highest BCUT2D eigenvalue weighted by molar-refractivity contribution is 5.75. The summed E-state index contributed by atoms with van der Waals surface area (Å²) in [6, 6.07) is -0.902. The van der Waals surface area contributed by atoms with Crippen LogP contribution in [0, 0.1) is 12.3 Å².